The zero-order valence-corrected chi connectivity index (χ0v) is 13.5. The van der Waals surface area contributed by atoms with Gasteiger partial charge in [0.1, 0.15) is 12.4 Å². The van der Waals surface area contributed by atoms with Crippen molar-refractivity contribution in [2.24, 2.45) is 4.99 Å². The van der Waals surface area contributed by atoms with Gasteiger partial charge < -0.3 is 0 Å². The number of benzene rings is 2. The molecule has 0 saturated carbocycles. The van der Waals surface area contributed by atoms with E-state index in [0.717, 1.165) is 11.1 Å². The largest absolute Gasteiger partial charge is 0.293 e. The minimum Gasteiger partial charge on any atom is -0.293 e. The Morgan fingerprint density at radius 2 is 1.48 bits per heavy atom. The van der Waals surface area contributed by atoms with Crippen molar-refractivity contribution in [1.82, 2.24) is 14.8 Å². The van der Waals surface area contributed by atoms with E-state index in [1.807, 2.05) is 24.3 Å². The van der Waals surface area contributed by atoms with Crippen molar-refractivity contribution in [2.75, 3.05) is 7.05 Å². The first kappa shape index (κ1) is 16.1. The summed E-state index contributed by atoms with van der Waals surface area (Å²) in [4.78, 5) is 8.18. The van der Waals surface area contributed by atoms with Crippen LogP contribution in [0.1, 0.15) is 34.1 Å². The lowest BCUT2D eigenvalue weighted by atomic mass is 9.97. The van der Waals surface area contributed by atoms with E-state index in [1.165, 1.54) is 0 Å². The molecule has 2 aromatic carbocycles. The van der Waals surface area contributed by atoms with Crippen LogP contribution in [0.15, 0.2) is 59.9 Å². The van der Waals surface area contributed by atoms with Gasteiger partial charge in [0, 0.05) is 7.05 Å². The normalized spacial score (nSPS) is 10.7. The van der Waals surface area contributed by atoms with Crippen LogP contribution in [-0.4, -0.2) is 28.0 Å². The van der Waals surface area contributed by atoms with Gasteiger partial charge in [0.15, 0.2) is 5.82 Å². The fraction of sp³-hybridized carbons (Fsp3) is 0.105. The smallest absolute Gasteiger partial charge is 0.191 e. The van der Waals surface area contributed by atoms with Crippen LogP contribution >= 0.6 is 0 Å². The quantitative estimate of drug-likeness (QED) is 0.689. The maximum Gasteiger partial charge on any atom is 0.191 e. The Hall–Kier alpha value is -3.77. The molecular weight excluding hydrogens is 312 g/mol. The Morgan fingerprint density at radius 3 is 1.92 bits per heavy atom. The first-order valence-corrected chi connectivity index (χ1v) is 7.58. The highest BCUT2D eigenvalue weighted by Gasteiger charge is 2.18. The predicted molar refractivity (Wildman–Crippen MR) is 93.1 cm³/mol. The Kier molecular flexibility index (Phi) is 4.64. The molecule has 3 rings (SSSR count). The summed E-state index contributed by atoms with van der Waals surface area (Å²) in [6, 6.07) is 18.7. The van der Waals surface area contributed by atoms with Crippen LogP contribution in [0.3, 0.4) is 0 Å². The predicted octanol–water partition coefficient (Wildman–Crippen LogP) is 2.71. The molecule has 0 aliphatic carbocycles. The molecule has 0 aliphatic heterocycles. The Morgan fingerprint density at radius 1 is 0.960 bits per heavy atom. The highest BCUT2D eigenvalue weighted by molar-refractivity contribution is 5.73. The molecule has 1 aromatic heterocycles. The zero-order chi connectivity index (χ0) is 17.6. The van der Waals surface area contributed by atoms with Crippen molar-refractivity contribution < 1.29 is 0 Å². The zero-order valence-electron chi connectivity index (χ0n) is 13.5. The van der Waals surface area contributed by atoms with E-state index >= 15 is 0 Å². The topological polar surface area (TPSA) is 90.6 Å². The van der Waals surface area contributed by atoms with Gasteiger partial charge in [-0.25, -0.2) is 9.67 Å². The second-order valence-corrected chi connectivity index (χ2v) is 5.34. The van der Waals surface area contributed by atoms with E-state index in [9.17, 15) is 0 Å². The molecule has 1 heterocycles. The lowest BCUT2D eigenvalue weighted by Crippen LogP contribution is -2.13. The average molecular weight is 326 g/mol. The molecule has 6 nitrogen and oxygen atoms in total. The van der Waals surface area contributed by atoms with Crippen LogP contribution in [0.2, 0.25) is 0 Å². The van der Waals surface area contributed by atoms with E-state index in [2.05, 4.69) is 27.2 Å². The number of aromatic nitrogens is 3. The van der Waals surface area contributed by atoms with E-state index in [-0.39, 0.29) is 6.04 Å². The van der Waals surface area contributed by atoms with Crippen LogP contribution in [0.5, 0.6) is 0 Å². The van der Waals surface area contributed by atoms with Gasteiger partial charge in [-0.2, -0.15) is 10.5 Å². The first-order valence-electron chi connectivity index (χ1n) is 7.58. The third-order valence-corrected chi connectivity index (χ3v) is 3.75. The molecule has 3 aromatic rings. The molecule has 0 saturated heterocycles. The number of hydrogen-bond acceptors (Lipinski definition) is 5. The van der Waals surface area contributed by atoms with Crippen LogP contribution in [-0.2, 0) is 0 Å². The van der Waals surface area contributed by atoms with Crippen LogP contribution in [0.25, 0.3) is 0 Å². The van der Waals surface area contributed by atoms with E-state index < -0.39 is 0 Å². The van der Waals surface area contributed by atoms with Gasteiger partial charge in [-0.1, -0.05) is 24.3 Å². The highest BCUT2D eigenvalue weighted by atomic mass is 15.3. The number of nitriles is 2. The van der Waals surface area contributed by atoms with Gasteiger partial charge in [0.25, 0.3) is 0 Å². The first-order chi connectivity index (χ1) is 12.2. The summed E-state index contributed by atoms with van der Waals surface area (Å²) in [7, 11) is 1.67. The molecule has 0 spiro atoms. The summed E-state index contributed by atoms with van der Waals surface area (Å²) in [5.41, 5.74) is 3.13. The average Bonchev–Trinajstić information content (AvgIpc) is 3.11. The van der Waals surface area contributed by atoms with E-state index in [0.29, 0.717) is 17.0 Å². The lowest BCUT2D eigenvalue weighted by molar-refractivity contribution is 0.593. The fourth-order valence-corrected chi connectivity index (χ4v) is 2.57. The van der Waals surface area contributed by atoms with Crippen molar-refractivity contribution in [3.05, 3.63) is 82.9 Å². The van der Waals surface area contributed by atoms with Gasteiger partial charge >= 0.3 is 0 Å². The van der Waals surface area contributed by atoms with Crippen LogP contribution in [0, 0.1) is 22.7 Å². The summed E-state index contributed by atoms with van der Waals surface area (Å²) in [6.45, 7) is 0. The molecule has 0 bridgehead atoms. The standard InChI is InChI=1S/C19H14N6/c1-22-12-18-23-13-25(24-18)19(16-6-2-14(10-20)3-7-16)17-8-4-15(11-21)5-9-17/h2-9,12-13,19H,1H3/b22-12+. The third-order valence-electron chi connectivity index (χ3n) is 3.75. The van der Waals surface area contributed by atoms with Gasteiger partial charge in [-0.15, -0.1) is 5.10 Å². The molecule has 0 unspecified atom stereocenters. The monoisotopic (exact) mass is 326 g/mol. The van der Waals surface area contributed by atoms with Crippen molar-refractivity contribution in [3.8, 4) is 12.1 Å². The van der Waals surface area contributed by atoms with Gasteiger partial charge in [-0.3, -0.25) is 4.99 Å². The minimum absolute atomic E-state index is 0.216. The maximum atomic E-state index is 9.00. The molecule has 0 fully saturated rings. The number of nitrogens with zero attached hydrogens (tertiary/aromatic N) is 6. The van der Waals surface area contributed by atoms with Crippen molar-refractivity contribution in [2.45, 2.75) is 6.04 Å². The summed E-state index contributed by atoms with van der Waals surface area (Å²) in [6.07, 6.45) is 3.24. The summed E-state index contributed by atoms with van der Waals surface area (Å²) in [5.74, 6) is 0.523. The second-order valence-electron chi connectivity index (χ2n) is 5.34. The third kappa shape index (κ3) is 3.44. The number of hydrogen-bond donors (Lipinski definition) is 0. The molecule has 0 aliphatic rings. The summed E-state index contributed by atoms with van der Waals surface area (Å²) < 4.78 is 1.75. The van der Waals surface area contributed by atoms with Gasteiger partial charge in [-0.05, 0) is 35.4 Å². The molecule has 120 valence electrons. The Balaban J connectivity index is 2.08. The van der Waals surface area contributed by atoms with Crippen LogP contribution < -0.4 is 0 Å². The van der Waals surface area contributed by atoms with E-state index in [1.54, 1.807) is 48.5 Å². The van der Waals surface area contributed by atoms with Crippen molar-refractivity contribution in [1.29, 1.82) is 10.5 Å². The molecule has 0 amide bonds. The molecule has 0 atom stereocenters. The Labute approximate surface area is 145 Å². The van der Waals surface area contributed by atoms with Crippen molar-refractivity contribution >= 4 is 6.21 Å². The SMILES string of the molecule is C/N=C/c1ncn(C(c2ccc(C#N)cc2)c2ccc(C#N)cc2)n1. The fourth-order valence-electron chi connectivity index (χ4n) is 2.57. The molecule has 0 N–H and O–H groups in total. The molecular formula is C19H14N6. The van der Waals surface area contributed by atoms with E-state index in [4.69, 9.17) is 10.5 Å². The summed E-state index contributed by atoms with van der Waals surface area (Å²) in [5, 5.41) is 22.5. The number of rotatable bonds is 4. The minimum atomic E-state index is -0.216. The summed E-state index contributed by atoms with van der Waals surface area (Å²) >= 11 is 0. The van der Waals surface area contributed by atoms with Crippen molar-refractivity contribution in [3.63, 3.8) is 0 Å². The molecule has 25 heavy (non-hydrogen) atoms. The highest BCUT2D eigenvalue weighted by Crippen LogP contribution is 2.26. The molecule has 6 heteroatoms. The second kappa shape index (κ2) is 7.20. The molecule has 0 radical (unpaired) electrons. The maximum absolute atomic E-state index is 9.00. The van der Waals surface area contributed by atoms with Gasteiger partial charge in [0.05, 0.1) is 29.5 Å². The van der Waals surface area contributed by atoms with Gasteiger partial charge in [0.2, 0.25) is 0 Å². The number of aliphatic imine (C=N–C) groups is 1. The Bertz CT molecular complexity index is 911. The lowest BCUT2D eigenvalue weighted by Gasteiger charge is -2.18. The van der Waals surface area contributed by atoms with Crippen LogP contribution in [0.4, 0.5) is 0 Å².